The normalized spacial score (nSPS) is 12.8. The Hall–Kier alpha value is -5.71. The largest absolute Gasteiger partial charge is 0.493 e. The first-order chi connectivity index (χ1) is 21.6. The molecule has 0 saturated heterocycles. The van der Waals surface area contributed by atoms with E-state index in [2.05, 4.69) is 42.2 Å². The van der Waals surface area contributed by atoms with Crippen LogP contribution in [0.15, 0.2) is 36.5 Å². The number of urea groups is 1. The summed E-state index contributed by atoms with van der Waals surface area (Å²) < 4.78 is 79.5. The van der Waals surface area contributed by atoms with E-state index in [1.54, 1.807) is 17.7 Å². The summed E-state index contributed by atoms with van der Waals surface area (Å²) in [6, 6.07) is 4.84. The smallest absolute Gasteiger partial charge is 0.368 e. The van der Waals surface area contributed by atoms with E-state index in [9.17, 15) is 40.7 Å². The third kappa shape index (κ3) is 6.68. The number of anilines is 3. The van der Waals surface area contributed by atoms with Crippen LogP contribution in [0.5, 0.6) is 0 Å². The zero-order chi connectivity index (χ0) is 33.4. The fourth-order valence-electron chi connectivity index (χ4n) is 4.17. The molecular formula is C26H17F6N9O4S. The summed E-state index contributed by atoms with van der Waals surface area (Å²) in [6.45, 7) is 0.445. The van der Waals surface area contributed by atoms with E-state index in [1.165, 1.54) is 18.3 Å². The maximum absolute atomic E-state index is 13.0. The van der Waals surface area contributed by atoms with E-state index in [-0.39, 0.29) is 45.1 Å². The minimum absolute atomic E-state index is 0.0851. The molecule has 13 nitrogen and oxygen atoms in total. The van der Waals surface area contributed by atoms with Crippen molar-refractivity contribution in [1.82, 2.24) is 30.0 Å². The van der Waals surface area contributed by atoms with Crippen molar-refractivity contribution < 1.29 is 45.6 Å². The van der Waals surface area contributed by atoms with E-state index in [4.69, 9.17) is 5.73 Å². The molecule has 1 aliphatic rings. The molecular weight excluding hydrogens is 648 g/mol. The van der Waals surface area contributed by atoms with Gasteiger partial charge >= 0.3 is 24.4 Å². The highest BCUT2D eigenvalue weighted by Crippen LogP contribution is 2.33. The van der Waals surface area contributed by atoms with Gasteiger partial charge in [0.05, 0.1) is 22.5 Å². The van der Waals surface area contributed by atoms with Crippen LogP contribution < -0.4 is 21.4 Å². The third-order valence-corrected chi connectivity index (χ3v) is 7.08. The summed E-state index contributed by atoms with van der Waals surface area (Å²) in [4.78, 5) is 49.3. The lowest BCUT2D eigenvalue weighted by Gasteiger charge is -2.21. The van der Waals surface area contributed by atoms with Gasteiger partial charge < -0.3 is 20.5 Å². The average Bonchev–Trinajstić information content (AvgIpc) is 3.60. The van der Waals surface area contributed by atoms with Crippen LogP contribution in [0.2, 0.25) is 0 Å². The fourth-order valence-corrected chi connectivity index (χ4v) is 4.77. The first-order valence-corrected chi connectivity index (χ1v) is 13.5. The Morgan fingerprint density at radius 2 is 1.91 bits per heavy atom. The molecule has 4 aromatic rings. The Morgan fingerprint density at radius 1 is 1.15 bits per heavy atom. The molecule has 0 aliphatic carbocycles. The van der Waals surface area contributed by atoms with Crippen LogP contribution in [0.1, 0.15) is 32.2 Å². The van der Waals surface area contributed by atoms with E-state index >= 15 is 0 Å². The molecule has 0 spiro atoms. The Bertz CT molecular complexity index is 1930. The van der Waals surface area contributed by atoms with Crippen LogP contribution in [0, 0.1) is 11.8 Å². The Morgan fingerprint density at radius 3 is 2.59 bits per heavy atom. The molecule has 46 heavy (non-hydrogen) atoms. The van der Waals surface area contributed by atoms with E-state index in [0.717, 1.165) is 17.8 Å². The number of benzene rings is 1. The summed E-state index contributed by atoms with van der Waals surface area (Å²) in [5.74, 6) is 2.41. The molecule has 0 saturated carbocycles. The maximum Gasteiger partial charge on any atom is 0.493 e. The van der Waals surface area contributed by atoms with Crippen molar-refractivity contribution >= 4 is 46.0 Å². The third-order valence-electron chi connectivity index (χ3n) is 6.19. The maximum atomic E-state index is 13.0. The van der Waals surface area contributed by atoms with E-state index in [0.29, 0.717) is 24.2 Å². The van der Waals surface area contributed by atoms with Gasteiger partial charge in [0.25, 0.3) is 5.91 Å². The van der Waals surface area contributed by atoms with Crippen LogP contribution in [-0.4, -0.2) is 55.4 Å². The first kappa shape index (κ1) is 31.7. The number of carbonyl (C=O) groups excluding carboxylic acids is 3. The summed E-state index contributed by atoms with van der Waals surface area (Å²) >= 11 is -0.111. The molecule has 0 unspecified atom stereocenters. The number of aromatic nitrogens is 5. The molecule has 0 atom stereocenters. The lowest BCUT2D eigenvalue weighted by Crippen LogP contribution is -2.41. The number of hydrogen-bond acceptors (Lipinski definition) is 10. The highest BCUT2D eigenvalue weighted by Gasteiger charge is 2.44. The summed E-state index contributed by atoms with van der Waals surface area (Å²) in [7, 11) is 1.74. The molecule has 20 heteroatoms. The van der Waals surface area contributed by atoms with Gasteiger partial charge in [-0.3, -0.25) is 10.1 Å². The van der Waals surface area contributed by atoms with Crippen molar-refractivity contribution in [2.24, 2.45) is 7.05 Å². The Balaban J connectivity index is 1.48. The predicted octanol–water partition coefficient (Wildman–Crippen LogP) is 3.68. The molecule has 1 aromatic carbocycles. The Kier molecular flexibility index (Phi) is 8.27. The molecule has 5 rings (SSSR count). The average molecular weight is 666 g/mol. The van der Waals surface area contributed by atoms with Crippen LogP contribution >= 0.6 is 11.3 Å². The number of rotatable bonds is 3. The van der Waals surface area contributed by atoms with Crippen LogP contribution in [-0.2, 0) is 29.3 Å². The van der Waals surface area contributed by atoms with Gasteiger partial charge in [-0.25, -0.2) is 19.6 Å². The summed E-state index contributed by atoms with van der Waals surface area (Å²) in [6.07, 6.45) is -8.55. The topological polar surface area (TPSA) is 170 Å². The SMILES string of the molecule is Cn1c(-c2nc(N)ncc2C#Cc2cccc(N(OC(=O)C(F)(F)F)C(=O)Nc3nnc(C(F)(F)F)s3)c2)cc2c1CCNC2=O. The number of carbonyl (C=O) groups is 3. The summed E-state index contributed by atoms with van der Waals surface area (Å²) in [5, 5.41) is 8.28. The Labute approximate surface area is 257 Å². The second-order valence-electron chi connectivity index (χ2n) is 9.26. The fraction of sp³-hybridized carbons (Fsp3) is 0.192. The highest BCUT2D eigenvalue weighted by molar-refractivity contribution is 7.15. The van der Waals surface area contributed by atoms with Gasteiger partial charge in [-0.1, -0.05) is 29.2 Å². The molecule has 238 valence electrons. The number of hydrogen-bond donors (Lipinski definition) is 3. The van der Waals surface area contributed by atoms with E-state index in [1.807, 2.05) is 5.32 Å². The van der Waals surface area contributed by atoms with Gasteiger partial charge in [0.15, 0.2) is 0 Å². The van der Waals surface area contributed by atoms with Crippen molar-refractivity contribution in [3.8, 4) is 23.2 Å². The van der Waals surface area contributed by atoms with E-state index < -0.39 is 40.2 Å². The molecule has 1 aliphatic heterocycles. The van der Waals surface area contributed by atoms with Crippen LogP contribution in [0.3, 0.4) is 0 Å². The lowest BCUT2D eigenvalue weighted by atomic mass is 10.1. The van der Waals surface area contributed by atoms with Crippen LogP contribution in [0.4, 0.5) is 47.9 Å². The minimum atomic E-state index is -5.54. The second kappa shape index (κ2) is 12.0. The van der Waals surface area contributed by atoms with Crippen molar-refractivity contribution in [3.63, 3.8) is 0 Å². The number of nitrogen functional groups attached to an aromatic ring is 1. The number of nitrogens with one attached hydrogen (secondary N) is 2. The number of alkyl halides is 6. The number of amides is 3. The molecule has 3 amide bonds. The standard InChI is InChI=1S/C26H17F6N9O4S/c1-40-16-7-8-34-19(42)15(16)10-17(40)18-13(11-35-22(33)36-18)6-5-12-3-2-4-14(9-12)41(45-21(43)26(30,31)32)24(44)37-23-39-38-20(46-23)25(27,28)29/h2-4,9-11H,7-8H2,1H3,(H,34,42)(H2,33,35,36)(H,37,39,44). The van der Waals surface area contributed by atoms with Crippen molar-refractivity contribution in [2.75, 3.05) is 22.7 Å². The van der Waals surface area contributed by atoms with Crippen LogP contribution in [0.25, 0.3) is 11.4 Å². The lowest BCUT2D eigenvalue weighted by molar-refractivity contribution is -0.199. The quantitative estimate of drug-likeness (QED) is 0.168. The van der Waals surface area contributed by atoms with Crippen molar-refractivity contribution in [3.05, 3.63) is 63.9 Å². The minimum Gasteiger partial charge on any atom is -0.368 e. The summed E-state index contributed by atoms with van der Waals surface area (Å²) in [5.41, 5.74) is 7.67. The number of hydroxylamine groups is 1. The monoisotopic (exact) mass is 665 g/mol. The number of nitrogens with two attached hydrogens (primary N) is 1. The molecule has 3 aromatic heterocycles. The number of fused-ring (bicyclic) bond motifs is 1. The molecule has 0 bridgehead atoms. The number of nitrogens with zero attached hydrogens (tertiary/aromatic N) is 6. The van der Waals surface area contributed by atoms with Crippen molar-refractivity contribution in [1.29, 1.82) is 0 Å². The highest BCUT2D eigenvalue weighted by atomic mass is 32.1. The molecule has 0 radical (unpaired) electrons. The van der Waals surface area contributed by atoms with Gasteiger partial charge in [0.2, 0.25) is 16.1 Å². The van der Waals surface area contributed by atoms with Gasteiger partial charge in [0.1, 0.15) is 5.69 Å². The first-order valence-electron chi connectivity index (χ1n) is 12.6. The van der Waals surface area contributed by atoms with Crippen molar-refractivity contribution in [2.45, 2.75) is 18.8 Å². The molecule has 0 fully saturated rings. The van der Waals surface area contributed by atoms with Gasteiger partial charge in [-0.2, -0.15) is 26.3 Å². The number of halogens is 6. The molecule has 4 N–H and O–H groups in total. The van der Waals surface area contributed by atoms with Gasteiger partial charge in [-0.15, -0.1) is 15.3 Å². The van der Waals surface area contributed by atoms with Gasteiger partial charge in [0, 0.05) is 37.5 Å². The zero-order valence-electron chi connectivity index (χ0n) is 22.9. The predicted molar refractivity (Wildman–Crippen MR) is 148 cm³/mol. The zero-order valence-corrected chi connectivity index (χ0v) is 23.8. The molecule has 4 heterocycles. The van der Waals surface area contributed by atoms with Gasteiger partial charge in [-0.05, 0) is 24.3 Å². The second-order valence-corrected chi connectivity index (χ2v) is 10.2.